The molecule has 0 saturated carbocycles. The summed E-state index contributed by atoms with van der Waals surface area (Å²) in [7, 11) is 0. The monoisotopic (exact) mass is 1110 g/mol. The van der Waals surface area contributed by atoms with Gasteiger partial charge in [0, 0.05) is 19.3 Å². The highest BCUT2D eigenvalue weighted by Crippen LogP contribution is 2.18. The van der Waals surface area contributed by atoms with E-state index in [4.69, 9.17) is 14.2 Å². The van der Waals surface area contributed by atoms with E-state index in [0.717, 1.165) is 70.6 Å². The maximum absolute atomic E-state index is 13.0. The second-order valence-corrected chi connectivity index (χ2v) is 23.8. The number of hydrogen-bond acceptors (Lipinski definition) is 6. The van der Waals surface area contributed by atoms with Crippen LogP contribution in [0.1, 0.15) is 380 Å². The van der Waals surface area contributed by atoms with Crippen molar-refractivity contribution in [1.29, 1.82) is 0 Å². The summed E-state index contributed by atoms with van der Waals surface area (Å²) in [5, 5.41) is 0. The largest absolute Gasteiger partial charge is 0.462 e. The number of carbonyl (C=O) groups is 3. The van der Waals surface area contributed by atoms with E-state index < -0.39 is 6.10 Å². The highest BCUT2D eigenvalue weighted by atomic mass is 16.6. The number of esters is 3. The molecule has 0 aliphatic carbocycles. The Hall–Kier alpha value is -2.63. The molecule has 0 aliphatic heterocycles. The van der Waals surface area contributed by atoms with Gasteiger partial charge in [0.15, 0.2) is 6.10 Å². The first-order valence-electron chi connectivity index (χ1n) is 35.1. The molecule has 0 bridgehead atoms. The van der Waals surface area contributed by atoms with Crippen LogP contribution in [-0.2, 0) is 28.6 Å². The first kappa shape index (κ1) is 76.4. The molecule has 0 amide bonds. The second-order valence-electron chi connectivity index (χ2n) is 23.8. The van der Waals surface area contributed by atoms with E-state index in [2.05, 4.69) is 69.4 Å². The average molecular weight is 1110 g/mol. The van der Waals surface area contributed by atoms with Gasteiger partial charge in [-0.25, -0.2) is 0 Å². The molecule has 6 heteroatoms. The standard InChI is InChI=1S/C73H134O6/c1-4-7-10-13-16-19-22-25-28-31-34-35-36-37-40-42-45-48-51-54-57-60-63-66-72(75)78-69-70(79-73(76)67-64-61-58-55-52-49-46-43-39-33-30-27-24-21-18-15-12-9-6-3)68-77-71(74)65-62-59-56-53-50-47-44-41-38-32-29-26-23-20-17-14-11-8-5-2/h18,21-22,25,27,30-31,34,70H,4-17,19-20,23-24,26,28-29,32-33,35-69H2,1-3H3/b21-18-,25-22-,30-27-,34-31-. The predicted molar refractivity (Wildman–Crippen MR) is 344 cm³/mol. The van der Waals surface area contributed by atoms with E-state index in [1.807, 2.05) is 0 Å². The third kappa shape index (κ3) is 66.1. The Bertz CT molecular complexity index is 1360. The van der Waals surface area contributed by atoms with E-state index in [0.29, 0.717) is 19.3 Å². The minimum absolute atomic E-state index is 0.0708. The van der Waals surface area contributed by atoms with Gasteiger partial charge in [0.1, 0.15) is 13.2 Å². The summed E-state index contributed by atoms with van der Waals surface area (Å²) in [5.41, 5.74) is 0. The van der Waals surface area contributed by atoms with Crippen LogP contribution in [0.3, 0.4) is 0 Å². The van der Waals surface area contributed by atoms with Gasteiger partial charge in [-0.15, -0.1) is 0 Å². The summed E-state index contributed by atoms with van der Waals surface area (Å²) in [4.78, 5) is 38.5. The third-order valence-electron chi connectivity index (χ3n) is 15.8. The minimum Gasteiger partial charge on any atom is -0.462 e. The molecule has 0 radical (unpaired) electrons. The number of carbonyl (C=O) groups excluding carboxylic acids is 3. The number of rotatable bonds is 65. The quantitative estimate of drug-likeness (QED) is 0.0261. The van der Waals surface area contributed by atoms with Crippen molar-refractivity contribution in [1.82, 2.24) is 0 Å². The van der Waals surface area contributed by atoms with Crippen LogP contribution in [0.5, 0.6) is 0 Å². The van der Waals surface area contributed by atoms with Gasteiger partial charge in [0.2, 0.25) is 0 Å². The lowest BCUT2D eigenvalue weighted by molar-refractivity contribution is -0.167. The SMILES string of the molecule is CCCCC/C=C\C/C=C\CCCCCCCCCCCC(=O)OC(COC(=O)CCCCCCCCCCCCC/C=C\C/C=C\CCCCCCC)COC(=O)CCCCCCCCCCCCCCCCCCCCC. The van der Waals surface area contributed by atoms with Crippen LogP contribution in [0.15, 0.2) is 48.6 Å². The molecule has 0 rings (SSSR count). The average Bonchev–Trinajstić information content (AvgIpc) is 3.45. The minimum atomic E-state index is -0.776. The van der Waals surface area contributed by atoms with Crippen LogP contribution in [0, 0.1) is 0 Å². The van der Waals surface area contributed by atoms with Crippen molar-refractivity contribution in [2.45, 2.75) is 386 Å². The zero-order valence-electron chi connectivity index (χ0n) is 53.2. The third-order valence-corrected chi connectivity index (χ3v) is 15.8. The van der Waals surface area contributed by atoms with Crippen LogP contribution < -0.4 is 0 Å². The van der Waals surface area contributed by atoms with Crippen molar-refractivity contribution in [2.75, 3.05) is 13.2 Å². The lowest BCUT2D eigenvalue weighted by atomic mass is 10.0. The van der Waals surface area contributed by atoms with Gasteiger partial charge in [0.05, 0.1) is 0 Å². The number of allylic oxidation sites excluding steroid dienone is 8. The molecule has 0 aromatic rings. The van der Waals surface area contributed by atoms with Gasteiger partial charge < -0.3 is 14.2 Å². The van der Waals surface area contributed by atoms with Crippen LogP contribution in [-0.4, -0.2) is 37.2 Å². The molecule has 0 aromatic heterocycles. The van der Waals surface area contributed by atoms with Crippen molar-refractivity contribution in [3.63, 3.8) is 0 Å². The molecule has 0 aromatic carbocycles. The first-order chi connectivity index (χ1) is 39.0. The Kier molecular flexibility index (Phi) is 65.6. The molecule has 0 N–H and O–H groups in total. The van der Waals surface area contributed by atoms with Crippen molar-refractivity contribution < 1.29 is 28.6 Å². The molecule has 0 saturated heterocycles. The van der Waals surface area contributed by atoms with Gasteiger partial charge in [0.25, 0.3) is 0 Å². The Morgan fingerprint density at radius 2 is 0.456 bits per heavy atom. The number of ether oxygens (including phenoxy) is 3. The molecule has 0 spiro atoms. The van der Waals surface area contributed by atoms with Crippen molar-refractivity contribution in [3.8, 4) is 0 Å². The Balaban J connectivity index is 4.33. The normalized spacial score (nSPS) is 12.3. The molecule has 79 heavy (non-hydrogen) atoms. The molecule has 1 unspecified atom stereocenters. The molecule has 0 fully saturated rings. The van der Waals surface area contributed by atoms with Crippen LogP contribution >= 0.6 is 0 Å². The zero-order valence-corrected chi connectivity index (χ0v) is 53.2. The van der Waals surface area contributed by atoms with Crippen molar-refractivity contribution in [3.05, 3.63) is 48.6 Å². The van der Waals surface area contributed by atoms with Crippen LogP contribution in [0.25, 0.3) is 0 Å². The fraction of sp³-hybridized carbons (Fsp3) is 0.849. The summed E-state index contributed by atoms with van der Waals surface area (Å²) in [5.74, 6) is -0.850. The molecular weight excluding hydrogens is 973 g/mol. The van der Waals surface area contributed by atoms with Gasteiger partial charge in [-0.2, -0.15) is 0 Å². The van der Waals surface area contributed by atoms with Gasteiger partial charge >= 0.3 is 17.9 Å². The number of hydrogen-bond donors (Lipinski definition) is 0. The van der Waals surface area contributed by atoms with Gasteiger partial charge in [-0.05, 0) is 83.5 Å². The van der Waals surface area contributed by atoms with Crippen molar-refractivity contribution >= 4 is 17.9 Å². The lowest BCUT2D eigenvalue weighted by Gasteiger charge is -2.18. The van der Waals surface area contributed by atoms with Crippen LogP contribution in [0.4, 0.5) is 0 Å². The Labute approximate surface area is 492 Å². The van der Waals surface area contributed by atoms with Gasteiger partial charge in [-0.1, -0.05) is 326 Å². The molecule has 6 nitrogen and oxygen atoms in total. The van der Waals surface area contributed by atoms with E-state index in [1.54, 1.807) is 0 Å². The molecular formula is C73H134O6. The fourth-order valence-electron chi connectivity index (χ4n) is 10.5. The van der Waals surface area contributed by atoms with Crippen molar-refractivity contribution in [2.24, 2.45) is 0 Å². The smallest absolute Gasteiger partial charge is 0.306 e. The molecule has 1 atom stereocenters. The summed E-state index contributed by atoms with van der Waals surface area (Å²) in [6.45, 7) is 6.67. The number of unbranched alkanes of at least 4 members (excludes halogenated alkanes) is 46. The maximum atomic E-state index is 13.0. The predicted octanol–water partition coefficient (Wildman–Crippen LogP) is 24.1. The first-order valence-corrected chi connectivity index (χ1v) is 35.1. The van der Waals surface area contributed by atoms with E-state index in [-0.39, 0.29) is 31.1 Å². The second kappa shape index (κ2) is 67.9. The summed E-state index contributed by atoms with van der Waals surface area (Å²) >= 11 is 0. The molecule has 462 valence electrons. The van der Waals surface area contributed by atoms with E-state index >= 15 is 0 Å². The van der Waals surface area contributed by atoms with Crippen LogP contribution in [0.2, 0.25) is 0 Å². The summed E-state index contributed by atoms with van der Waals surface area (Å²) in [6.07, 6.45) is 85.5. The van der Waals surface area contributed by atoms with Gasteiger partial charge in [-0.3, -0.25) is 14.4 Å². The summed E-state index contributed by atoms with van der Waals surface area (Å²) in [6, 6.07) is 0. The molecule has 0 heterocycles. The highest BCUT2D eigenvalue weighted by Gasteiger charge is 2.19. The zero-order chi connectivity index (χ0) is 57.1. The Morgan fingerprint density at radius 1 is 0.253 bits per heavy atom. The topological polar surface area (TPSA) is 78.9 Å². The fourth-order valence-corrected chi connectivity index (χ4v) is 10.5. The maximum Gasteiger partial charge on any atom is 0.306 e. The van der Waals surface area contributed by atoms with E-state index in [9.17, 15) is 14.4 Å². The lowest BCUT2D eigenvalue weighted by Crippen LogP contribution is -2.30. The molecule has 0 aliphatic rings. The summed E-state index contributed by atoms with van der Waals surface area (Å²) < 4.78 is 17.0. The highest BCUT2D eigenvalue weighted by molar-refractivity contribution is 5.71. The Morgan fingerprint density at radius 3 is 0.722 bits per heavy atom. The van der Waals surface area contributed by atoms with E-state index in [1.165, 1.54) is 270 Å².